The molecule has 76 valence electrons. The molecule has 1 heterocycles. The van der Waals surface area contributed by atoms with Crippen molar-refractivity contribution in [2.45, 2.75) is 32.4 Å². The lowest BCUT2D eigenvalue weighted by atomic mass is 10.0. The highest BCUT2D eigenvalue weighted by atomic mass is 15.2. The summed E-state index contributed by atoms with van der Waals surface area (Å²) in [5, 5.41) is 0. The summed E-state index contributed by atoms with van der Waals surface area (Å²) < 4.78 is 0. The molecule has 2 nitrogen and oxygen atoms in total. The molecule has 1 aliphatic rings. The molecule has 2 heteroatoms. The summed E-state index contributed by atoms with van der Waals surface area (Å²) in [4.78, 5) is 2.42. The van der Waals surface area contributed by atoms with Gasteiger partial charge in [0.2, 0.25) is 0 Å². The van der Waals surface area contributed by atoms with Crippen molar-refractivity contribution in [3.05, 3.63) is 29.8 Å². The van der Waals surface area contributed by atoms with Gasteiger partial charge in [0.25, 0.3) is 0 Å². The van der Waals surface area contributed by atoms with E-state index in [0.717, 1.165) is 0 Å². The van der Waals surface area contributed by atoms with E-state index in [0.29, 0.717) is 6.04 Å². The van der Waals surface area contributed by atoms with Gasteiger partial charge in [-0.25, -0.2) is 0 Å². The second kappa shape index (κ2) is 3.62. The molecule has 2 atom stereocenters. The molecule has 0 bridgehead atoms. The Bertz CT molecular complexity index is 320. The van der Waals surface area contributed by atoms with Crippen LogP contribution in [0.15, 0.2) is 24.3 Å². The van der Waals surface area contributed by atoms with Crippen LogP contribution in [0.4, 0.5) is 5.69 Å². The lowest BCUT2D eigenvalue weighted by Gasteiger charge is -2.41. The van der Waals surface area contributed by atoms with Gasteiger partial charge in [-0.15, -0.1) is 0 Å². The fourth-order valence-electron chi connectivity index (χ4n) is 1.89. The summed E-state index contributed by atoms with van der Waals surface area (Å²) >= 11 is 0. The van der Waals surface area contributed by atoms with Crippen LogP contribution in [-0.2, 0) is 0 Å². The lowest BCUT2D eigenvalue weighted by molar-refractivity contribution is 0.481. The zero-order valence-electron chi connectivity index (χ0n) is 8.90. The van der Waals surface area contributed by atoms with Gasteiger partial charge in [0.15, 0.2) is 0 Å². The largest absolute Gasteiger partial charge is 0.369 e. The Balaban J connectivity index is 2.22. The Labute approximate surface area is 85.7 Å². The van der Waals surface area contributed by atoms with Crippen LogP contribution in [0.3, 0.4) is 0 Å². The minimum atomic E-state index is 0.131. The van der Waals surface area contributed by atoms with Crippen LogP contribution in [0.1, 0.15) is 31.9 Å². The van der Waals surface area contributed by atoms with Crippen molar-refractivity contribution < 1.29 is 0 Å². The molecule has 0 aliphatic carbocycles. The van der Waals surface area contributed by atoms with Crippen molar-refractivity contribution in [1.82, 2.24) is 0 Å². The van der Waals surface area contributed by atoms with Crippen LogP contribution >= 0.6 is 0 Å². The molecule has 1 aliphatic heterocycles. The van der Waals surface area contributed by atoms with Gasteiger partial charge in [-0.3, -0.25) is 0 Å². The fraction of sp³-hybridized carbons (Fsp3) is 0.500. The first-order valence-electron chi connectivity index (χ1n) is 5.30. The van der Waals surface area contributed by atoms with E-state index < -0.39 is 0 Å². The molecule has 14 heavy (non-hydrogen) atoms. The smallest absolute Gasteiger partial charge is 0.0371 e. The van der Waals surface area contributed by atoms with Gasteiger partial charge < -0.3 is 10.6 Å². The molecule has 0 amide bonds. The van der Waals surface area contributed by atoms with Crippen LogP contribution in [0, 0.1) is 0 Å². The lowest BCUT2D eigenvalue weighted by Crippen LogP contribution is -2.45. The van der Waals surface area contributed by atoms with E-state index >= 15 is 0 Å². The summed E-state index contributed by atoms with van der Waals surface area (Å²) in [6.07, 6.45) is 1.31. The van der Waals surface area contributed by atoms with E-state index in [-0.39, 0.29) is 6.04 Å². The van der Waals surface area contributed by atoms with Gasteiger partial charge in [-0.05, 0) is 38.0 Å². The normalized spacial score (nSPS) is 23.1. The summed E-state index contributed by atoms with van der Waals surface area (Å²) in [6, 6.07) is 9.39. The number of nitrogens with two attached hydrogens (primary N) is 1. The Kier molecular flexibility index (Phi) is 2.46. The first-order valence-corrected chi connectivity index (χ1v) is 5.30. The molecule has 1 aromatic carbocycles. The van der Waals surface area contributed by atoms with Crippen molar-refractivity contribution in [3.63, 3.8) is 0 Å². The van der Waals surface area contributed by atoms with E-state index in [2.05, 4.69) is 36.1 Å². The molecular formula is C12H18N2. The third kappa shape index (κ3) is 1.62. The molecule has 2 rings (SSSR count). The van der Waals surface area contributed by atoms with Crippen LogP contribution in [0.25, 0.3) is 0 Å². The highest BCUT2D eigenvalue weighted by Crippen LogP contribution is 2.27. The molecule has 1 fully saturated rings. The first-order chi connectivity index (χ1) is 6.68. The van der Waals surface area contributed by atoms with Crippen LogP contribution < -0.4 is 10.6 Å². The maximum Gasteiger partial charge on any atom is 0.0371 e. The Hall–Kier alpha value is -1.02. The van der Waals surface area contributed by atoms with Gasteiger partial charge in [-0.2, -0.15) is 0 Å². The van der Waals surface area contributed by atoms with E-state index in [1.807, 2.05) is 6.92 Å². The molecule has 0 radical (unpaired) electrons. The highest BCUT2D eigenvalue weighted by Gasteiger charge is 2.23. The van der Waals surface area contributed by atoms with Crippen molar-refractivity contribution in [3.8, 4) is 0 Å². The van der Waals surface area contributed by atoms with E-state index in [1.165, 1.54) is 24.2 Å². The quantitative estimate of drug-likeness (QED) is 0.775. The van der Waals surface area contributed by atoms with E-state index in [9.17, 15) is 0 Å². The number of anilines is 1. The van der Waals surface area contributed by atoms with E-state index in [1.54, 1.807) is 0 Å². The average molecular weight is 190 g/mol. The number of hydrogen-bond donors (Lipinski definition) is 1. The van der Waals surface area contributed by atoms with Gasteiger partial charge in [-0.1, -0.05) is 12.1 Å². The molecule has 0 saturated carbocycles. The van der Waals surface area contributed by atoms with Gasteiger partial charge in [0.1, 0.15) is 0 Å². The topological polar surface area (TPSA) is 29.3 Å². The molecule has 0 aromatic heterocycles. The third-order valence-electron chi connectivity index (χ3n) is 3.05. The fourth-order valence-corrected chi connectivity index (χ4v) is 1.89. The van der Waals surface area contributed by atoms with Crippen molar-refractivity contribution >= 4 is 5.69 Å². The predicted molar refractivity (Wildman–Crippen MR) is 60.5 cm³/mol. The molecule has 0 spiro atoms. The number of hydrogen-bond acceptors (Lipinski definition) is 2. The molecular weight excluding hydrogens is 172 g/mol. The SMILES string of the molecule is CC(N)c1cccc(N2CCC2C)c1. The summed E-state index contributed by atoms with van der Waals surface area (Å²) in [6.45, 7) is 5.48. The first kappa shape index (κ1) is 9.53. The van der Waals surface area contributed by atoms with Crippen molar-refractivity contribution in [2.75, 3.05) is 11.4 Å². The second-order valence-corrected chi connectivity index (χ2v) is 4.21. The Morgan fingerprint density at radius 1 is 1.50 bits per heavy atom. The van der Waals surface area contributed by atoms with Gasteiger partial charge >= 0.3 is 0 Å². The maximum absolute atomic E-state index is 5.86. The zero-order chi connectivity index (χ0) is 10.1. The number of rotatable bonds is 2. The van der Waals surface area contributed by atoms with Crippen molar-refractivity contribution in [1.29, 1.82) is 0 Å². The number of benzene rings is 1. The van der Waals surface area contributed by atoms with Gasteiger partial charge in [0.05, 0.1) is 0 Å². The third-order valence-corrected chi connectivity index (χ3v) is 3.05. The Morgan fingerprint density at radius 2 is 2.29 bits per heavy atom. The average Bonchev–Trinajstić information content (AvgIpc) is 2.16. The summed E-state index contributed by atoms with van der Waals surface area (Å²) in [5.74, 6) is 0. The molecule has 1 saturated heterocycles. The molecule has 1 aromatic rings. The summed E-state index contributed by atoms with van der Waals surface area (Å²) in [5.41, 5.74) is 8.40. The Morgan fingerprint density at radius 3 is 2.79 bits per heavy atom. The van der Waals surface area contributed by atoms with Crippen molar-refractivity contribution in [2.24, 2.45) is 5.73 Å². The zero-order valence-corrected chi connectivity index (χ0v) is 8.90. The van der Waals surface area contributed by atoms with Gasteiger partial charge in [0, 0.05) is 24.3 Å². The highest BCUT2D eigenvalue weighted by molar-refractivity contribution is 5.51. The van der Waals surface area contributed by atoms with Crippen LogP contribution in [-0.4, -0.2) is 12.6 Å². The van der Waals surface area contributed by atoms with E-state index in [4.69, 9.17) is 5.73 Å². The maximum atomic E-state index is 5.86. The van der Waals surface area contributed by atoms with Crippen LogP contribution in [0.5, 0.6) is 0 Å². The van der Waals surface area contributed by atoms with Crippen LogP contribution in [0.2, 0.25) is 0 Å². The predicted octanol–water partition coefficient (Wildman–Crippen LogP) is 2.30. The molecule has 2 unspecified atom stereocenters. The summed E-state index contributed by atoms with van der Waals surface area (Å²) in [7, 11) is 0. The minimum Gasteiger partial charge on any atom is -0.369 e. The second-order valence-electron chi connectivity index (χ2n) is 4.21. The number of nitrogens with zero attached hydrogens (tertiary/aromatic N) is 1. The minimum absolute atomic E-state index is 0.131. The molecule has 2 N–H and O–H groups in total. The standard InChI is InChI=1S/C12H18N2/c1-9-6-7-14(9)12-5-3-4-11(8-12)10(2)13/h3-5,8-10H,6-7,13H2,1-2H3. The monoisotopic (exact) mass is 190 g/mol.